The van der Waals surface area contributed by atoms with E-state index in [0.29, 0.717) is 11.4 Å². The maximum atomic E-state index is 11.6. The second kappa shape index (κ2) is 7.83. The number of carbonyl (C=O) groups excluding carboxylic acids is 1. The number of carbonyl (C=O) groups is 1. The fourth-order valence-corrected chi connectivity index (χ4v) is 3.30. The van der Waals surface area contributed by atoms with Crippen LogP contribution in [0.5, 0.6) is 0 Å². The van der Waals surface area contributed by atoms with Crippen molar-refractivity contribution in [2.75, 3.05) is 12.4 Å². The van der Waals surface area contributed by atoms with E-state index < -0.39 is 0 Å². The minimum Gasteiger partial charge on any atom is -0.323 e. The van der Waals surface area contributed by atoms with Gasteiger partial charge in [-0.05, 0) is 23.6 Å². The lowest BCUT2D eigenvalue weighted by molar-refractivity contribution is 0.218. The summed E-state index contributed by atoms with van der Waals surface area (Å²) in [5.74, 6) is 0. The first-order valence-electron chi connectivity index (χ1n) is 7.91. The molecule has 0 spiro atoms. The number of anilines is 1. The Kier molecular flexibility index (Phi) is 6.09. The Morgan fingerprint density at radius 2 is 2.05 bits per heavy atom. The third-order valence-electron chi connectivity index (χ3n) is 4.05. The normalized spacial score (nSPS) is 15.6. The fourth-order valence-electron chi connectivity index (χ4n) is 2.69. The molecule has 0 fully saturated rings. The van der Waals surface area contributed by atoms with Crippen LogP contribution in [0.15, 0.2) is 18.2 Å². The molecule has 0 saturated carbocycles. The third-order valence-corrected chi connectivity index (χ3v) is 5.03. The molecule has 0 saturated heterocycles. The van der Waals surface area contributed by atoms with Crippen LogP contribution in [0, 0.1) is 0 Å². The van der Waals surface area contributed by atoms with Crippen LogP contribution in [-0.4, -0.2) is 18.0 Å². The number of benzene rings is 1. The predicted octanol–water partition coefficient (Wildman–Crippen LogP) is 5.46. The largest absolute Gasteiger partial charge is 0.323 e. The Morgan fingerprint density at radius 3 is 2.81 bits per heavy atom. The van der Waals surface area contributed by atoms with Crippen molar-refractivity contribution in [3.8, 4) is 0 Å². The van der Waals surface area contributed by atoms with Crippen LogP contribution in [0.3, 0.4) is 0 Å². The highest BCUT2D eigenvalue weighted by atomic mass is 79.9. The first-order chi connectivity index (χ1) is 10.1. The summed E-state index contributed by atoms with van der Waals surface area (Å²) in [5, 5.41) is 2.91. The van der Waals surface area contributed by atoms with E-state index in [9.17, 15) is 4.79 Å². The molecule has 2 rings (SSSR count). The van der Waals surface area contributed by atoms with Gasteiger partial charge in [-0.3, -0.25) is 0 Å². The number of alkyl halides is 1. The van der Waals surface area contributed by atoms with Gasteiger partial charge < -0.3 is 10.2 Å². The summed E-state index contributed by atoms with van der Waals surface area (Å²) in [7, 11) is 1.82. The van der Waals surface area contributed by atoms with Crippen molar-refractivity contribution >= 4 is 27.6 Å². The molecule has 2 amide bonds. The first kappa shape index (κ1) is 16.3. The van der Waals surface area contributed by atoms with Crippen molar-refractivity contribution in [1.82, 2.24) is 4.90 Å². The minimum absolute atomic E-state index is 0.0263. The molecular weight excluding hydrogens is 328 g/mol. The number of amides is 2. The third kappa shape index (κ3) is 4.47. The molecule has 4 heteroatoms. The maximum absolute atomic E-state index is 11.6. The molecule has 1 N–H and O–H groups in total. The van der Waals surface area contributed by atoms with Crippen molar-refractivity contribution in [2.24, 2.45) is 0 Å². The fraction of sp³-hybridized carbons (Fsp3) is 0.588. The van der Waals surface area contributed by atoms with Gasteiger partial charge in [-0.15, -0.1) is 0 Å². The van der Waals surface area contributed by atoms with E-state index in [1.165, 1.54) is 49.7 Å². The molecule has 0 aromatic heterocycles. The number of hydrogen-bond acceptors (Lipinski definition) is 1. The van der Waals surface area contributed by atoms with Crippen molar-refractivity contribution in [3.63, 3.8) is 0 Å². The molecule has 1 aliphatic rings. The number of nitrogens with zero attached hydrogens (tertiary/aromatic N) is 1. The van der Waals surface area contributed by atoms with Crippen LogP contribution in [0.25, 0.3) is 0 Å². The summed E-state index contributed by atoms with van der Waals surface area (Å²) >= 11 is 3.81. The van der Waals surface area contributed by atoms with Crippen molar-refractivity contribution < 1.29 is 4.79 Å². The molecule has 1 heterocycles. The van der Waals surface area contributed by atoms with E-state index in [0.717, 1.165) is 5.69 Å². The van der Waals surface area contributed by atoms with Gasteiger partial charge in [0.25, 0.3) is 0 Å². The van der Waals surface area contributed by atoms with E-state index >= 15 is 0 Å². The van der Waals surface area contributed by atoms with Gasteiger partial charge in [-0.1, -0.05) is 67.1 Å². The number of rotatable bonds is 7. The second-order valence-electron chi connectivity index (χ2n) is 5.87. The quantitative estimate of drug-likeness (QED) is 0.512. The van der Waals surface area contributed by atoms with Gasteiger partial charge in [0.15, 0.2) is 0 Å². The van der Waals surface area contributed by atoms with Gasteiger partial charge in [0.1, 0.15) is 0 Å². The van der Waals surface area contributed by atoms with Crippen LogP contribution in [-0.2, 0) is 6.54 Å². The number of unbranched alkanes of at least 4 members (excludes halogenated alkanes) is 4. The first-order valence-corrected chi connectivity index (χ1v) is 8.82. The highest BCUT2D eigenvalue weighted by Gasteiger charge is 2.20. The Balaban J connectivity index is 1.92. The second-order valence-corrected chi connectivity index (χ2v) is 6.98. The summed E-state index contributed by atoms with van der Waals surface area (Å²) in [6.07, 6.45) is 7.74. The highest BCUT2D eigenvalue weighted by Crippen LogP contribution is 2.32. The monoisotopic (exact) mass is 352 g/mol. The topological polar surface area (TPSA) is 32.3 Å². The molecule has 3 nitrogen and oxygen atoms in total. The number of hydrogen-bond donors (Lipinski definition) is 1. The standard InChI is InChI=1S/C17H25BrN2O/c1-3-4-5-6-7-8-15(18)13-9-10-16-14(11-13)12-20(2)17(21)19-16/h9-11,15H,3-8,12H2,1-2H3,(H,19,21). The Morgan fingerprint density at radius 1 is 1.29 bits per heavy atom. The summed E-state index contributed by atoms with van der Waals surface area (Å²) < 4.78 is 0. The SMILES string of the molecule is CCCCCCCC(Br)c1ccc2c(c1)CN(C)C(=O)N2. The van der Waals surface area contributed by atoms with Gasteiger partial charge in [0.05, 0.1) is 0 Å². The number of urea groups is 1. The summed E-state index contributed by atoms with van der Waals surface area (Å²) in [6.45, 7) is 2.93. The molecule has 0 radical (unpaired) electrons. The molecule has 1 unspecified atom stereocenters. The van der Waals surface area contributed by atoms with E-state index in [4.69, 9.17) is 0 Å². The molecule has 1 aromatic rings. The zero-order chi connectivity index (χ0) is 15.2. The Bertz CT molecular complexity index is 490. The molecule has 116 valence electrons. The van der Waals surface area contributed by atoms with Crippen molar-refractivity contribution in [2.45, 2.75) is 56.8 Å². The van der Waals surface area contributed by atoms with Gasteiger partial charge in [-0.25, -0.2) is 4.79 Å². The van der Waals surface area contributed by atoms with Crippen LogP contribution in [0.4, 0.5) is 10.5 Å². The van der Waals surface area contributed by atoms with E-state index in [2.05, 4.69) is 40.3 Å². The van der Waals surface area contributed by atoms with E-state index in [1.54, 1.807) is 4.90 Å². The molecule has 21 heavy (non-hydrogen) atoms. The average molecular weight is 353 g/mol. The lowest BCUT2D eigenvalue weighted by Crippen LogP contribution is -2.35. The summed E-state index contributed by atoms with van der Waals surface area (Å²) in [6, 6.07) is 6.34. The Labute approximate surface area is 136 Å². The smallest absolute Gasteiger partial charge is 0.321 e. The molecule has 0 aliphatic carbocycles. The summed E-state index contributed by atoms with van der Waals surface area (Å²) in [4.78, 5) is 13.7. The lowest BCUT2D eigenvalue weighted by Gasteiger charge is -2.26. The van der Waals surface area contributed by atoms with Gasteiger partial charge in [-0.2, -0.15) is 0 Å². The van der Waals surface area contributed by atoms with Crippen molar-refractivity contribution in [1.29, 1.82) is 0 Å². The minimum atomic E-state index is -0.0263. The maximum Gasteiger partial charge on any atom is 0.321 e. The van der Waals surface area contributed by atoms with E-state index in [-0.39, 0.29) is 6.03 Å². The molecular formula is C17H25BrN2O. The zero-order valence-electron chi connectivity index (χ0n) is 13.0. The van der Waals surface area contributed by atoms with Gasteiger partial charge >= 0.3 is 6.03 Å². The average Bonchev–Trinajstić information content (AvgIpc) is 2.47. The Hall–Kier alpha value is -1.03. The molecule has 1 aromatic carbocycles. The number of fused-ring (bicyclic) bond motifs is 1. The number of nitrogens with one attached hydrogen (secondary N) is 1. The van der Waals surface area contributed by atoms with Crippen LogP contribution < -0.4 is 5.32 Å². The summed E-state index contributed by atoms with van der Waals surface area (Å²) in [5.41, 5.74) is 3.46. The van der Waals surface area contributed by atoms with Crippen molar-refractivity contribution in [3.05, 3.63) is 29.3 Å². The van der Waals surface area contributed by atoms with Crippen LogP contribution in [0.1, 0.15) is 61.4 Å². The molecule has 1 aliphatic heterocycles. The lowest BCUT2D eigenvalue weighted by atomic mass is 10.0. The molecule has 0 bridgehead atoms. The number of halogens is 1. The zero-order valence-corrected chi connectivity index (χ0v) is 14.6. The molecule has 1 atom stereocenters. The van der Waals surface area contributed by atoms with Gasteiger partial charge in [0.2, 0.25) is 0 Å². The predicted molar refractivity (Wildman–Crippen MR) is 92.0 cm³/mol. The van der Waals surface area contributed by atoms with Gasteiger partial charge in [0, 0.05) is 24.1 Å². The highest BCUT2D eigenvalue weighted by molar-refractivity contribution is 9.09. The van der Waals surface area contributed by atoms with Crippen LogP contribution >= 0.6 is 15.9 Å². The van der Waals surface area contributed by atoms with E-state index in [1.807, 2.05) is 13.1 Å². The van der Waals surface area contributed by atoms with Crippen LogP contribution in [0.2, 0.25) is 0 Å².